The molecule has 6 heteroatoms. The van der Waals surface area contributed by atoms with Crippen LogP contribution in [0.3, 0.4) is 0 Å². The zero-order valence-corrected chi connectivity index (χ0v) is 24.6. The van der Waals surface area contributed by atoms with Crippen molar-refractivity contribution in [3.05, 3.63) is 149 Å². The quantitative estimate of drug-likeness (QED) is 0.235. The van der Waals surface area contributed by atoms with Gasteiger partial charge < -0.3 is 0 Å². The third kappa shape index (κ3) is 3.86. The zero-order valence-electron chi connectivity index (χ0n) is 24.6. The standard InChI is InChI=1S/C36H34N6/c1-5-23-15-13-16-24(6-2)33(23)41-35-29-21-11-9-19-27(29)32-36(30-22-12-10-20-28(30)31(35)37-39-41)42(40-38-32)34-25(7-3)17-14-18-26(34)8-4/h9-22H,5-8H2,1-4H3. The first-order valence-corrected chi connectivity index (χ1v) is 15.0. The number of benzene rings is 4. The second kappa shape index (κ2) is 10.5. The van der Waals surface area contributed by atoms with Crippen molar-refractivity contribution >= 4 is 0 Å². The highest BCUT2D eigenvalue weighted by Gasteiger charge is 2.17. The van der Waals surface area contributed by atoms with Crippen molar-refractivity contribution in [1.82, 2.24) is 30.0 Å². The minimum atomic E-state index is 0.865. The Morgan fingerprint density at radius 1 is 0.429 bits per heavy atom. The number of aromatic nitrogens is 6. The lowest BCUT2D eigenvalue weighted by molar-refractivity contribution is 0.766. The van der Waals surface area contributed by atoms with Crippen LogP contribution in [-0.2, 0) is 25.7 Å². The van der Waals surface area contributed by atoms with Crippen LogP contribution in [0, 0.1) is 42.3 Å². The van der Waals surface area contributed by atoms with Gasteiger partial charge in [0.25, 0.3) is 0 Å². The number of hydrogen-bond donors (Lipinski definition) is 0. The van der Waals surface area contributed by atoms with Crippen LogP contribution in [0.5, 0.6) is 0 Å². The van der Waals surface area contributed by atoms with Crippen LogP contribution in [0.25, 0.3) is 11.4 Å². The smallest absolute Gasteiger partial charge is 0.122 e. The van der Waals surface area contributed by atoms with E-state index in [9.17, 15) is 0 Å². The highest BCUT2D eigenvalue weighted by atomic mass is 15.4. The molecule has 6 nitrogen and oxygen atoms in total. The van der Waals surface area contributed by atoms with Crippen LogP contribution in [-0.4, -0.2) is 30.0 Å². The van der Waals surface area contributed by atoms with Crippen LogP contribution in [0.15, 0.2) is 84.9 Å². The molecule has 0 radical (unpaired) electrons. The number of para-hydroxylation sites is 2. The van der Waals surface area contributed by atoms with Gasteiger partial charge in [-0.25, -0.2) is 9.36 Å². The van der Waals surface area contributed by atoms with Crippen LogP contribution in [0.1, 0.15) is 49.9 Å². The first-order valence-electron chi connectivity index (χ1n) is 15.0. The molecule has 2 heterocycles. The Morgan fingerprint density at radius 2 is 0.762 bits per heavy atom. The van der Waals surface area contributed by atoms with E-state index in [1.807, 2.05) is 0 Å². The van der Waals surface area contributed by atoms with E-state index in [1.54, 1.807) is 0 Å². The van der Waals surface area contributed by atoms with Gasteiger partial charge in [0, 0.05) is 20.9 Å². The Balaban J connectivity index is 1.82. The molecule has 1 aliphatic rings. The molecule has 0 amide bonds. The third-order valence-electron chi connectivity index (χ3n) is 8.57. The van der Waals surface area contributed by atoms with E-state index in [0.717, 1.165) is 79.3 Å². The lowest BCUT2D eigenvalue weighted by Crippen LogP contribution is -2.07. The summed E-state index contributed by atoms with van der Waals surface area (Å²) in [6, 6.07) is 30.1. The first kappa shape index (κ1) is 26.1. The van der Waals surface area contributed by atoms with Crippen molar-refractivity contribution in [2.45, 2.75) is 53.4 Å². The van der Waals surface area contributed by atoms with Crippen molar-refractivity contribution < 1.29 is 0 Å². The summed E-state index contributed by atoms with van der Waals surface area (Å²) in [6.45, 7) is 8.80. The Hall–Kier alpha value is -4.84. The molecule has 0 N–H and O–H groups in total. The van der Waals surface area contributed by atoms with Crippen molar-refractivity contribution in [2.75, 3.05) is 0 Å². The summed E-state index contributed by atoms with van der Waals surface area (Å²) in [5, 5.41) is 27.4. The van der Waals surface area contributed by atoms with Gasteiger partial charge in [0.15, 0.2) is 0 Å². The summed E-state index contributed by atoms with van der Waals surface area (Å²) in [7, 11) is 0. The topological polar surface area (TPSA) is 61.4 Å². The average Bonchev–Trinajstić information content (AvgIpc) is 3.67. The third-order valence-corrected chi connectivity index (χ3v) is 8.57. The Bertz CT molecular complexity index is 2160. The number of hydrogen-bond acceptors (Lipinski definition) is 4. The van der Waals surface area contributed by atoms with E-state index >= 15 is 0 Å². The highest BCUT2D eigenvalue weighted by molar-refractivity contribution is 5.49. The fourth-order valence-electron chi connectivity index (χ4n) is 6.49. The molecule has 0 fully saturated rings. The summed E-state index contributed by atoms with van der Waals surface area (Å²) in [5.74, 6) is 0. The summed E-state index contributed by atoms with van der Waals surface area (Å²) < 4.78 is 4.14. The largest absolute Gasteiger partial charge is 0.212 e. The molecule has 1 aliphatic carbocycles. The fourth-order valence-corrected chi connectivity index (χ4v) is 6.49. The van der Waals surface area contributed by atoms with Crippen molar-refractivity contribution in [1.29, 1.82) is 0 Å². The molecule has 42 heavy (non-hydrogen) atoms. The molecule has 0 saturated heterocycles. The summed E-state index contributed by atoms with van der Waals surface area (Å²) in [6.07, 6.45) is 3.63. The van der Waals surface area contributed by atoms with E-state index in [-0.39, 0.29) is 0 Å². The molecule has 0 aliphatic heterocycles. The number of aryl methyl sites for hydroxylation is 4. The predicted octanol–water partition coefficient (Wildman–Crippen LogP) is 6.56. The molecule has 0 atom stereocenters. The number of rotatable bonds is 6. The molecule has 4 aromatic carbocycles. The molecule has 208 valence electrons. The number of nitrogens with zero attached hydrogens (tertiary/aromatic N) is 6. The molecule has 6 aromatic rings. The van der Waals surface area contributed by atoms with Gasteiger partial charge in [-0.3, -0.25) is 0 Å². The molecule has 0 unspecified atom stereocenters. The molecular weight excluding hydrogens is 516 g/mol. The van der Waals surface area contributed by atoms with Crippen LogP contribution < -0.4 is 0 Å². The zero-order chi connectivity index (χ0) is 28.8. The molecule has 0 spiro atoms. The van der Waals surface area contributed by atoms with Crippen molar-refractivity contribution in [3.63, 3.8) is 0 Å². The summed E-state index contributed by atoms with van der Waals surface area (Å²) in [4.78, 5) is 0. The van der Waals surface area contributed by atoms with Crippen molar-refractivity contribution in [3.8, 4) is 11.4 Å². The van der Waals surface area contributed by atoms with E-state index in [4.69, 9.17) is 20.6 Å². The van der Waals surface area contributed by atoms with Gasteiger partial charge in [0.2, 0.25) is 0 Å². The van der Waals surface area contributed by atoms with E-state index < -0.39 is 0 Å². The predicted molar refractivity (Wildman–Crippen MR) is 164 cm³/mol. The minimum Gasteiger partial charge on any atom is -0.212 e. The van der Waals surface area contributed by atoms with Crippen molar-refractivity contribution in [2.24, 2.45) is 0 Å². The minimum absolute atomic E-state index is 0.865. The van der Waals surface area contributed by atoms with E-state index in [0.29, 0.717) is 0 Å². The molecular formula is C36H34N6. The SMILES string of the molecule is CCc1cccc(CC)c1-n1nnc2c1=c1ccccc1=c1nnn(-c3c(CC)cccc3CC)c1=c1ccccc1=2. The molecule has 7 rings (SSSR count). The van der Waals surface area contributed by atoms with Gasteiger partial charge in [-0.1, -0.05) is 123 Å². The van der Waals surface area contributed by atoms with E-state index in [1.165, 1.54) is 22.3 Å². The maximum Gasteiger partial charge on any atom is 0.122 e. The molecule has 2 aromatic heterocycles. The van der Waals surface area contributed by atoms with Gasteiger partial charge in [-0.15, -0.1) is 10.2 Å². The van der Waals surface area contributed by atoms with Crippen LogP contribution >= 0.6 is 0 Å². The second-order valence-electron chi connectivity index (χ2n) is 10.8. The fraction of sp³-hybridized carbons (Fsp3) is 0.222. The second-order valence-corrected chi connectivity index (χ2v) is 10.8. The monoisotopic (exact) mass is 550 g/mol. The van der Waals surface area contributed by atoms with Gasteiger partial charge in [-0.05, 0) is 47.9 Å². The summed E-state index contributed by atoms with van der Waals surface area (Å²) >= 11 is 0. The van der Waals surface area contributed by atoms with Gasteiger partial charge in [0.1, 0.15) is 21.4 Å². The van der Waals surface area contributed by atoms with Gasteiger partial charge in [0.05, 0.1) is 11.4 Å². The van der Waals surface area contributed by atoms with Gasteiger partial charge in [-0.2, -0.15) is 0 Å². The first-order chi connectivity index (χ1) is 20.7. The Morgan fingerprint density at radius 3 is 1.10 bits per heavy atom. The maximum absolute atomic E-state index is 4.92. The normalized spacial score (nSPS) is 11.7. The Kier molecular flexibility index (Phi) is 6.54. The Labute approximate surface area is 243 Å². The average molecular weight is 551 g/mol. The number of fused-ring (bicyclic) bond motifs is 4. The highest BCUT2D eigenvalue weighted by Crippen LogP contribution is 2.24. The summed E-state index contributed by atoms with van der Waals surface area (Å²) in [5.41, 5.74) is 7.26. The molecule has 0 bridgehead atoms. The lowest BCUT2D eigenvalue weighted by atomic mass is 10.0. The van der Waals surface area contributed by atoms with Gasteiger partial charge >= 0.3 is 0 Å². The maximum atomic E-state index is 4.92. The lowest BCUT2D eigenvalue weighted by Gasteiger charge is -2.13. The molecule has 0 saturated carbocycles. The van der Waals surface area contributed by atoms with E-state index in [2.05, 4.69) is 122 Å². The van der Waals surface area contributed by atoms with Crippen LogP contribution in [0.4, 0.5) is 0 Å². The van der Waals surface area contributed by atoms with Crippen LogP contribution in [0.2, 0.25) is 0 Å².